The van der Waals surface area contributed by atoms with Crippen LogP contribution in [0.4, 0.5) is 11.4 Å². The Morgan fingerprint density at radius 1 is 1.30 bits per heavy atom. The molecule has 1 atom stereocenters. The van der Waals surface area contributed by atoms with Crippen LogP contribution in [0.5, 0.6) is 0 Å². The van der Waals surface area contributed by atoms with Crippen LogP contribution in [0.3, 0.4) is 0 Å². The van der Waals surface area contributed by atoms with Gasteiger partial charge in [-0.25, -0.2) is 0 Å². The van der Waals surface area contributed by atoms with E-state index in [0.29, 0.717) is 6.04 Å². The van der Waals surface area contributed by atoms with Crippen LogP contribution in [0.15, 0.2) is 36.5 Å². The van der Waals surface area contributed by atoms with Gasteiger partial charge in [0.2, 0.25) is 0 Å². The van der Waals surface area contributed by atoms with E-state index >= 15 is 0 Å². The van der Waals surface area contributed by atoms with Gasteiger partial charge in [-0.05, 0) is 37.6 Å². The van der Waals surface area contributed by atoms with Crippen molar-refractivity contribution in [2.45, 2.75) is 32.9 Å². The Bertz CT molecular complexity index is 545. The summed E-state index contributed by atoms with van der Waals surface area (Å²) in [5, 5.41) is 8.02. The third-order valence-electron chi connectivity index (χ3n) is 3.54. The van der Waals surface area contributed by atoms with Crippen molar-refractivity contribution in [1.29, 1.82) is 0 Å². The normalized spacial score (nSPS) is 12.2. The molecule has 1 aromatic carbocycles. The second-order valence-electron chi connectivity index (χ2n) is 5.34. The average Bonchev–Trinajstić information content (AvgIpc) is 2.93. The van der Waals surface area contributed by atoms with Gasteiger partial charge in [0, 0.05) is 37.7 Å². The molecule has 0 fully saturated rings. The molecule has 1 unspecified atom stereocenters. The lowest BCUT2D eigenvalue weighted by molar-refractivity contribution is 0.474. The Balaban J connectivity index is 1.98. The zero-order valence-electron chi connectivity index (χ0n) is 12.8. The third-order valence-corrected chi connectivity index (χ3v) is 3.54. The molecular weight excluding hydrogens is 248 g/mol. The van der Waals surface area contributed by atoms with Crippen LogP contribution in [0.1, 0.15) is 32.0 Å². The van der Waals surface area contributed by atoms with Crippen LogP contribution in [-0.2, 0) is 6.54 Å². The van der Waals surface area contributed by atoms with Gasteiger partial charge in [-0.3, -0.25) is 4.68 Å². The summed E-state index contributed by atoms with van der Waals surface area (Å²) in [5.74, 6) is 0. The number of anilines is 2. The highest BCUT2D eigenvalue weighted by molar-refractivity contribution is 5.57. The van der Waals surface area contributed by atoms with Crippen molar-refractivity contribution >= 4 is 11.4 Å². The molecule has 0 radical (unpaired) electrons. The first kappa shape index (κ1) is 14.4. The fourth-order valence-electron chi connectivity index (χ4n) is 1.99. The van der Waals surface area contributed by atoms with Crippen molar-refractivity contribution < 1.29 is 0 Å². The van der Waals surface area contributed by atoms with E-state index in [1.165, 1.54) is 5.69 Å². The molecule has 2 aromatic rings. The molecule has 2 rings (SSSR count). The summed E-state index contributed by atoms with van der Waals surface area (Å²) < 4.78 is 2.03. The average molecular weight is 272 g/mol. The summed E-state index contributed by atoms with van der Waals surface area (Å²) in [6.45, 7) is 5.11. The summed E-state index contributed by atoms with van der Waals surface area (Å²) in [4.78, 5) is 2.10. The predicted octanol–water partition coefficient (Wildman–Crippen LogP) is 3.53. The zero-order valence-corrected chi connectivity index (χ0v) is 12.8. The van der Waals surface area contributed by atoms with Gasteiger partial charge in [-0.1, -0.05) is 13.0 Å². The number of rotatable bonds is 6. The lowest BCUT2D eigenvalue weighted by Gasteiger charge is -2.14. The second-order valence-corrected chi connectivity index (χ2v) is 5.34. The highest BCUT2D eigenvalue weighted by atomic mass is 15.3. The van der Waals surface area contributed by atoms with E-state index in [0.717, 1.165) is 24.3 Å². The maximum atomic E-state index is 4.60. The lowest BCUT2D eigenvalue weighted by Crippen LogP contribution is -2.09. The van der Waals surface area contributed by atoms with Crippen molar-refractivity contribution in [3.8, 4) is 0 Å². The fraction of sp³-hybridized carbons (Fsp3) is 0.438. The van der Waals surface area contributed by atoms with Gasteiger partial charge in [-0.15, -0.1) is 0 Å². The fourth-order valence-corrected chi connectivity index (χ4v) is 1.99. The lowest BCUT2D eigenvalue weighted by atomic mass is 10.2. The van der Waals surface area contributed by atoms with Crippen LogP contribution in [-0.4, -0.2) is 23.9 Å². The van der Waals surface area contributed by atoms with Gasteiger partial charge in [0.1, 0.15) is 0 Å². The van der Waals surface area contributed by atoms with Crippen LogP contribution < -0.4 is 10.2 Å². The summed E-state index contributed by atoms with van der Waals surface area (Å²) >= 11 is 0. The van der Waals surface area contributed by atoms with Gasteiger partial charge >= 0.3 is 0 Å². The molecular formula is C16H24N4. The van der Waals surface area contributed by atoms with Gasteiger partial charge in [-0.2, -0.15) is 5.10 Å². The molecule has 0 aliphatic carbocycles. The SMILES string of the molecule is CCC(C)n1ccc(CNc2cccc(N(C)C)c2)n1. The third kappa shape index (κ3) is 3.53. The number of hydrogen-bond acceptors (Lipinski definition) is 3. The van der Waals surface area contributed by atoms with Gasteiger partial charge in [0.25, 0.3) is 0 Å². The van der Waals surface area contributed by atoms with Crippen LogP contribution in [0.25, 0.3) is 0 Å². The van der Waals surface area contributed by atoms with Gasteiger partial charge in [0.05, 0.1) is 12.2 Å². The smallest absolute Gasteiger partial charge is 0.0815 e. The Labute approximate surface area is 121 Å². The second kappa shape index (κ2) is 6.46. The molecule has 0 aliphatic heterocycles. The molecule has 4 heteroatoms. The highest BCUT2D eigenvalue weighted by Gasteiger charge is 2.04. The van der Waals surface area contributed by atoms with Crippen molar-refractivity contribution in [2.75, 3.05) is 24.3 Å². The quantitative estimate of drug-likeness (QED) is 0.873. The largest absolute Gasteiger partial charge is 0.379 e. The number of hydrogen-bond donors (Lipinski definition) is 1. The summed E-state index contributed by atoms with van der Waals surface area (Å²) in [7, 11) is 4.10. The van der Waals surface area contributed by atoms with Crippen molar-refractivity contribution in [3.63, 3.8) is 0 Å². The molecule has 20 heavy (non-hydrogen) atoms. The molecule has 1 heterocycles. The van der Waals surface area contributed by atoms with E-state index in [1.807, 2.05) is 18.8 Å². The first-order chi connectivity index (χ1) is 9.60. The van der Waals surface area contributed by atoms with E-state index in [-0.39, 0.29) is 0 Å². The van der Waals surface area contributed by atoms with E-state index in [2.05, 4.69) is 65.7 Å². The van der Waals surface area contributed by atoms with E-state index in [9.17, 15) is 0 Å². The monoisotopic (exact) mass is 272 g/mol. The number of nitrogens with zero attached hydrogens (tertiary/aromatic N) is 3. The number of benzene rings is 1. The Kier molecular flexibility index (Phi) is 4.66. The molecule has 0 saturated heterocycles. The van der Waals surface area contributed by atoms with E-state index in [4.69, 9.17) is 0 Å². The van der Waals surface area contributed by atoms with Crippen LogP contribution in [0.2, 0.25) is 0 Å². The standard InChI is InChI=1S/C16H24N4/c1-5-13(2)20-10-9-15(18-20)12-17-14-7-6-8-16(11-14)19(3)4/h6-11,13,17H,5,12H2,1-4H3. The maximum absolute atomic E-state index is 4.60. The molecule has 4 nitrogen and oxygen atoms in total. The topological polar surface area (TPSA) is 33.1 Å². The minimum Gasteiger partial charge on any atom is -0.379 e. The number of nitrogens with one attached hydrogen (secondary N) is 1. The first-order valence-electron chi connectivity index (χ1n) is 7.15. The van der Waals surface area contributed by atoms with Gasteiger partial charge in [0.15, 0.2) is 0 Å². The Morgan fingerprint density at radius 3 is 2.80 bits per heavy atom. The molecule has 108 valence electrons. The van der Waals surface area contributed by atoms with E-state index < -0.39 is 0 Å². The van der Waals surface area contributed by atoms with Gasteiger partial charge < -0.3 is 10.2 Å². The van der Waals surface area contributed by atoms with Crippen molar-refractivity contribution in [1.82, 2.24) is 9.78 Å². The van der Waals surface area contributed by atoms with Crippen LogP contribution in [0, 0.1) is 0 Å². The molecule has 1 N–H and O–H groups in total. The minimum absolute atomic E-state index is 0.459. The van der Waals surface area contributed by atoms with Crippen LogP contribution >= 0.6 is 0 Å². The van der Waals surface area contributed by atoms with Crippen molar-refractivity contribution in [3.05, 3.63) is 42.2 Å². The summed E-state index contributed by atoms with van der Waals surface area (Å²) in [6.07, 6.45) is 3.15. The Morgan fingerprint density at radius 2 is 2.10 bits per heavy atom. The highest BCUT2D eigenvalue weighted by Crippen LogP contribution is 2.18. The summed E-state index contributed by atoms with van der Waals surface area (Å²) in [6, 6.07) is 10.9. The maximum Gasteiger partial charge on any atom is 0.0815 e. The molecule has 0 spiro atoms. The zero-order chi connectivity index (χ0) is 14.5. The molecule has 0 bridgehead atoms. The number of aromatic nitrogens is 2. The molecule has 0 saturated carbocycles. The predicted molar refractivity (Wildman–Crippen MR) is 85.3 cm³/mol. The Hall–Kier alpha value is -1.97. The first-order valence-corrected chi connectivity index (χ1v) is 7.15. The molecule has 0 aliphatic rings. The minimum atomic E-state index is 0.459. The van der Waals surface area contributed by atoms with Crippen molar-refractivity contribution in [2.24, 2.45) is 0 Å². The molecule has 1 aromatic heterocycles. The summed E-state index contributed by atoms with van der Waals surface area (Å²) in [5.41, 5.74) is 3.38. The van der Waals surface area contributed by atoms with E-state index in [1.54, 1.807) is 0 Å². The molecule has 0 amide bonds.